The summed E-state index contributed by atoms with van der Waals surface area (Å²) >= 11 is 1.57. The van der Waals surface area contributed by atoms with Crippen LogP contribution in [0.3, 0.4) is 0 Å². The molecule has 2 heterocycles. The molecule has 2 aromatic heterocycles. The minimum atomic E-state index is -1.05. The van der Waals surface area contributed by atoms with E-state index >= 15 is 0 Å². The number of nitrogens with zero attached hydrogens (tertiary/aromatic N) is 1. The summed E-state index contributed by atoms with van der Waals surface area (Å²) in [5, 5.41) is 12.0. The van der Waals surface area contributed by atoms with Gasteiger partial charge in [-0.05, 0) is 19.1 Å². The van der Waals surface area contributed by atoms with Gasteiger partial charge in [-0.25, -0.2) is 4.79 Å². The van der Waals surface area contributed by atoms with Crippen LogP contribution < -0.4 is 5.32 Å². The topological polar surface area (TPSA) is 75.4 Å². The zero-order valence-electron chi connectivity index (χ0n) is 9.21. The average molecular weight is 252 g/mol. The van der Waals surface area contributed by atoms with Gasteiger partial charge in [-0.3, -0.25) is 4.98 Å². The first kappa shape index (κ1) is 11.8. The van der Waals surface area contributed by atoms with Crippen molar-refractivity contribution in [2.75, 3.05) is 0 Å². The Morgan fingerprint density at radius 3 is 3.06 bits per heavy atom. The van der Waals surface area contributed by atoms with E-state index in [0.717, 1.165) is 4.88 Å². The molecule has 5 nitrogen and oxygen atoms in total. The van der Waals surface area contributed by atoms with Crippen molar-refractivity contribution in [1.29, 1.82) is 0 Å². The largest absolute Gasteiger partial charge is 0.475 e. The Hall–Kier alpha value is -1.66. The molecule has 0 saturated carbocycles. The number of hydrogen-bond donors (Lipinski definition) is 2. The van der Waals surface area contributed by atoms with Crippen LogP contribution in [0.5, 0.6) is 0 Å². The van der Waals surface area contributed by atoms with Gasteiger partial charge in [-0.15, -0.1) is 11.3 Å². The van der Waals surface area contributed by atoms with E-state index in [4.69, 9.17) is 9.52 Å². The highest BCUT2D eigenvalue weighted by molar-refractivity contribution is 7.09. The molecule has 0 radical (unpaired) electrons. The SMILES string of the molecule is CC(NCc1cncs1)c1ccc(C(=O)O)o1. The summed E-state index contributed by atoms with van der Waals surface area (Å²) in [6.07, 6.45) is 1.80. The molecule has 0 saturated heterocycles. The van der Waals surface area contributed by atoms with Gasteiger partial charge in [0.2, 0.25) is 5.76 Å². The van der Waals surface area contributed by atoms with Crippen LogP contribution in [0.1, 0.15) is 34.2 Å². The summed E-state index contributed by atoms with van der Waals surface area (Å²) in [4.78, 5) is 15.8. The minimum absolute atomic E-state index is 0.0357. The van der Waals surface area contributed by atoms with E-state index in [1.54, 1.807) is 29.1 Å². The number of hydrogen-bond acceptors (Lipinski definition) is 5. The predicted molar refractivity (Wildman–Crippen MR) is 63.0 cm³/mol. The summed E-state index contributed by atoms with van der Waals surface area (Å²) in [6, 6.07) is 3.10. The molecule has 1 unspecified atom stereocenters. The van der Waals surface area contributed by atoms with E-state index in [-0.39, 0.29) is 11.8 Å². The van der Waals surface area contributed by atoms with Crippen LogP contribution in [0.25, 0.3) is 0 Å². The Labute approximate surface area is 102 Å². The van der Waals surface area contributed by atoms with Crippen molar-refractivity contribution in [1.82, 2.24) is 10.3 Å². The maximum atomic E-state index is 10.7. The van der Waals surface area contributed by atoms with E-state index in [0.29, 0.717) is 12.3 Å². The number of nitrogens with one attached hydrogen (secondary N) is 1. The van der Waals surface area contributed by atoms with E-state index in [9.17, 15) is 4.79 Å². The zero-order chi connectivity index (χ0) is 12.3. The average Bonchev–Trinajstić information content (AvgIpc) is 2.96. The quantitative estimate of drug-likeness (QED) is 0.853. The molecule has 0 amide bonds. The summed E-state index contributed by atoms with van der Waals surface area (Å²) in [5.41, 5.74) is 1.77. The molecular weight excluding hydrogens is 240 g/mol. The van der Waals surface area contributed by atoms with Gasteiger partial charge in [0.05, 0.1) is 11.6 Å². The number of carboxylic acid groups (broad SMARTS) is 1. The highest BCUT2D eigenvalue weighted by Gasteiger charge is 2.13. The second-order valence-corrected chi connectivity index (χ2v) is 4.55. The van der Waals surface area contributed by atoms with Gasteiger partial charge in [0.1, 0.15) is 5.76 Å². The zero-order valence-corrected chi connectivity index (χ0v) is 10.0. The number of aromatic nitrogens is 1. The van der Waals surface area contributed by atoms with Crippen molar-refractivity contribution in [2.24, 2.45) is 0 Å². The van der Waals surface area contributed by atoms with Crippen molar-refractivity contribution < 1.29 is 14.3 Å². The lowest BCUT2D eigenvalue weighted by Crippen LogP contribution is -2.16. The van der Waals surface area contributed by atoms with Gasteiger partial charge in [-0.1, -0.05) is 0 Å². The van der Waals surface area contributed by atoms with Gasteiger partial charge < -0.3 is 14.8 Å². The first-order valence-electron chi connectivity index (χ1n) is 5.10. The lowest BCUT2D eigenvalue weighted by Gasteiger charge is -2.09. The van der Waals surface area contributed by atoms with Crippen LogP contribution >= 0.6 is 11.3 Å². The van der Waals surface area contributed by atoms with E-state index in [1.165, 1.54) is 6.07 Å². The molecule has 2 aromatic rings. The van der Waals surface area contributed by atoms with E-state index in [1.807, 2.05) is 6.92 Å². The fourth-order valence-electron chi connectivity index (χ4n) is 1.38. The molecule has 0 aromatic carbocycles. The maximum Gasteiger partial charge on any atom is 0.371 e. The van der Waals surface area contributed by atoms with Crippen LogP contribution in [-0.2, 0) is 6.54 Å². The van der Waals surface area contributed by atoms with Crippen molar-refractivity contribution in [3.8, 4) is 0 Å². The second kappa shape index (κ2) is 5.11. The standard InChI is InChI=1S/C11H12N2O3S/c1-7(13-5-8-4-12-6-17-8)9-2-3-10(16-9)11(14)15/h2-4,6-7,13H,5H2,1H3,(H,14,15). The molecule has 2 N–H and O–H groups in total. The fraction of sp³-hybridized carbons (Fsp3) is 0.273. The summed E-state index contributed by atoms with van der Waals surface area (Å²) in [5.74, 6) is -0.468. The molecular formula is C11H12N2O3S. The number of aromatic carboxylic acids is 1. The number of rotatable bonds is 5. The van der Waals surface area contributed by atoms with Gasteiger partial charge in [0.15, 0.2) is 0 Å². The van der Waals surface area contributed by atoms with Gasteiger partial charge in [0.25, 0.3) is 0 Å². The van der Waals surface area contributed by atoms with Crippen LogP contribution in [0, 0.1) is 0 Å². The van der Waals surface area contributed by atoms with E-state index in [2.05, 4.69) is 10.3 Å². The maximum absolute atomic E-state index is 10.7. The van der Waals surface area contributed by atoms with Crippen LogP contribution in [0.15, 0.2) is 28.3 Å². The smallest absolute Gasteiger partial charge is 0.371 e. The summed E-state index contributed by atoms with van der Waals surface area (Å²) in [7, 11) is 0. The van der Waals surface area contributed by atoms with Crippen LogP contribution in [0.4, 0.5) is 0 Å². The molecule has 1 atom stereocenters. The number of carbonyl (C=O) groups is 1. The van der Waals surface area contributed by atoms with Crippen molar-refractivity contribution in [3.05, 3.63) is 40.2 Å². The summed E-state index contributed by atoms with van der Waals surface area (Å²) < 4.78 is 5.20. The third kappa shape index (κ3) is 2.92. The Bertz CT molecular complexity index is 493. The lowest BCUT2D eigenvalue weighted by molar-refractivity contribution is 0.0659. The van der Waals surface area contributed by atoms with Gasteiger partial charge in [0, 0.05) is 17.6 Å². The normalized spacial score (nSPS) is 12.5. The monoisotopic (exact) mass is 252 g/mol. The molecule has 2 rings (SSSR count). The Balaban J connectivity index is 1.94. The Morgan fingerprint density at radius 1 is 1.65 bits per heavy atom. The number of carboxylic acids is 1. The molecule has 0 aliphatic rings. The highest BCUT2D eigenvalue weighted by atomic mass is 32.1. The van der Waals surface area contributed by atoms with Crippen LogP contribution in [-0.4, -0.2) is 16.1 Å². The lowest BCUT2D eigenvalue weighted by atomic mass is 10.2. The Morgan fingerprint density at radius 2 is 2.47 bits per heavy atom. The van der Waals surface area contributed by atoms with E-state index < -0.39 is 5.97 Å². The molecule has 0 bridgehead atoms. The third-order valence-corrected chi connectivity index (χ3v) is 3.11. The predicted octanol–water partition coefficient (Wildman–Crippen LogP) is 2.29. The number of thiazole rings is 1. The van der Waals surface area contributed by atoms with Crippen molar-refractivity contribution in [3.63, 3.8) is 0 Å². The molecule has 0 spiro atoms. The first-order chi connectivity index (χ1) is 8.16. The Kier molecular flexibility index (Phi) is 3.55. The molecule has 0 aliphatic carbocycles. The molecule has 17 heavy (non-hydrogen) atoms. The van der Waals surface area contributed by atoms with Crippen molar-refractivity contribution in [2.45, 2.75) is 19.5 Å². The van der Waals surface area contributed by atoms with Gasteiger partial charge in [-0.2, -0.15) is 0 Å². The van der Waals surface area contributed by atoms with Gasteiger partial charge >= 0.3 is 5.97 Å². The molecule has 0 aliphatic heterocycles. The molecule has 6 heteroatoms. The van der Waals surface area contributed by atoms with Crippen molar-refractivity contribution >= 4 is 17.3 Å². The molecule has 90 valence electrons. The second-order valence-electron chi connectivity index (χ2n) is 3.58. The number of furan rings is 1. The summed E-state index contributed by atoms with van der Waals surface area (Å²) in [6.45, 7) is 2.61. The first-order valence-corrected chi connectivity index (χ1v) is 5.98. The fourth-order valence-corrected chi connectivity index (χ4v) is 1.93. The van der Waals surface area contributed by atoms with Crippen LogP contribution in [0.2, 0.25) is 0 Å². The molecule has 0 fully saturated rings. The third-order valence-electron chi connectivity index (χ3n) is 2.33. The minimum Gasteiger partial charge on any atom is -0.475 e. The highest BCUT2D eigenvalue weighted by Crippen LogP contribution is 2.17.